The minimum absolute atomic E-state index is 0.331. The van der Waals surface area contributed by atoms with Crippen LogP contribution in [0.2, 0.25) is 0 Å². The first-order valence-electron chi connectivity index (χ1n) is 6.60. The lowest BCUT2D eigenvalue weighted by atomic mass is 10.0. The van der Waals surface area contributed by atoms with Gasteiger partial charge in [0.1, 0.15) is 0 Å². The van der Waals surface area contributed by atoms with Gasteiger partial charge in [-0.2, -0.15) is 0 Å². The summed E-state index contributed by atoms with van der Waals surface area (Å²) in [4.78, 5) is 2.27. The molecule has 2 rings (SSSR count). The van der Waals surface area contributed by atoms with E-state index in [0.717, 1.165) is 25.1 Å². The minimum atomic E-state index is -0.403. The van der Waals surface area contributed by atoms with Crippen LogP contribution in [-0.4, -0.2) is 42.9 Å². The van der Waals surface area contributed by atoms with Crippen LogP contribution in [0, 0.1) is 13.8 Å². The molecule has 0 bridgehead atoms. The second kappa shape index (κ2) is 5.83. The van der Waals surface area contributed by atoms with E-state index in [9.17, 15) is 5.11 Å². The Hall–Kier alpha value is -0.900. The molecule has 3 heteroatoms. The Morgan fingerprint density at radius 1 is 1.39 bits per heavy atom. The average Bonchev–Trinajstić information content (AvgIpc) is 2.80. The summed E-state index contributed by atoms with van der Waals surface area (Å²) in [6.07, 6.45) is 0.993. The number of aryl methyl sites for hydroxylation is 2. The molecule has 2 unspecified atom stereocenters. The monoisotopic (exact) mass is 249 g/mol. The van der Waals surface area contributed by atoms with Crippen LogP contribution < -0.4 is 0 Å². The van der Waals surface area contributed by atoms with Crippen molar-refractivity contribution in [3.63, 3.8) is 0 Å². The van der Waals surface area contributed by atoms with Crippen LogP contribution in [0.4, 0.5) is 0 Å². The number of benzene rings is 1. The van der Waals surface area contributed by atoms with E-state index in [1.807, 2.05) is 6.07 Å². The van der Waals surface area contributed by atoms with Gasteiger partial charge < -0.3 is 9.84 Å². The fourth-order valence-corrected chi connectivity index (χ4v) is 2.48. The van der Waals surface area contributed by atoms with Gasteiger partial charge in [0.2, 0.25) is 0 Å². The average molecular weight is 249 g/mol. The molecule has 100 valence electrons. The highest BCUT2D eigenvalue weighted by Crippen LogP contribution is 2.20. The molecule has 18 heavy (non-hydrogen) atoms. The fraction of sp³-hybridized carbons (Fsp3) is 0.600. The van der Waals surface area contributed by atoms with Crippen molar-refractivity contribution >= 4 is 0 Å². The van der Waals surface area contributed by atoms with Gasteiger partial charge in [-0.3, -0.25) is 4.90 Å². The molecule has 1 saturated heterocycles. The SMILES string of the molecule is COC1CCN(CC(O)c2ccc(C)c(C)c2)C1. The number of β-amino-alcohol motifs (C(OH)–C–C–N with tert-alkyl or cyclic N) is 1. The second-order valence-electron chi connectivity index (χ2n) is 5.27. The maximum Gasteiger partial charge on any atom is 0.0917 e. The number of aliphatic hydroxyl groups excluding tert-OH is 1. The van der Waals surface area contributed by atoms with E-state index in [4.69, 9.17) is 4.74 Å². The van der Waals surface area contributed by atoms with E-state index >= 15 is 0 Å². The van der Waals surface area contributed by atoms with Crippen LogP contribution in [0.25, 0.3) is 0 Å². The van der Waals surface area contributed by atoms with Gasteiger partial charge in [-0.05, 0) is 37.0 Å². The fourth-order valence-electron chi connectivity index (χ4n) is 2.48. The number of likely N-dealkylation sites (tertiary alicyclic amines) is 1. The second-order valence-corrected chi connectivity index (χ2v) is 5.27. The Balaban J connectivity index is 1.95. The normalized spacial score (nSPS) is 22.3. The first kappa shape index (κ1) is 13.5. The van der Waals surface area contributed by atoms with Crippen molar-refractivity contribution in [3.8, 4) is 0 Å². The van der Waals surface area contributed by atoms with E-state index in [1.165, 1.54) is 11.1 Å². The van der Waals surface area contributed by atoms with Gasteiger partial charge in [0.05, 0.1) is 12.2 Å². The predicted molar refractivity (Wildman–Crippen MR) is 72.7 cm³/mol. The number of methoxy groups -OCH3 is 1. The highest BCUT2D eigenvalue weighted by molar-refractivity contribution is 5.31. The molecule has 1 aromatic carbocycles. The summed E-state index contributed by atoms with van der Waals surface area (Å²) >= 11 is 0. The number of rotatable bonds is 4. The number of hydrogen-bond acceptors (Lipinski definition) is 3. The van der Waals surface area contributed by atoms with E-state index < -0.39 is 6.10 Å². The van der Waals surface area contributed by atoms with Crippen LogP contribution in [0.15, 0.2) is 18.2 Å². The highest BCUT2D eigenvalue weighted by Gasteiger charge is 2.24. The van der Waals surface area contributed by atoms with Crippen molar-refractivity contribution in [1.29, 1.82) is 0 Å². The number of ether oxygens (including phenoxy) is 1. The molecule has 0 radical (unpaired) electrons. The van der Waals surface area contributed by atoms with Crippen LogP contribution in [-0.2, 0) is 4.74 Å². The van der Waals surface area contributed by atoms with E-state index in [2.05, 4.69) is 30.9 Å². The molecule has 1 fully saturated rings. The van der Waals surface area contributed by atoms with E-state index in [0.29, 0.717) is 12.6 Å². The highest BCUT2D eigenvalue weighted by atomic mass is 16.5. The first-order valence-corrected chi connectivity index (χ1v) is 6.60. The van der Waals surface area contributed by atoms with Gasteiger partial charge in [0.25, 0.3) is 0 Å². The van der Waals surface area contributed by atoms with Gasteiger partial charge in [-0.1, -0.05) is 18.2 Å². The van der Waals surface area contributed by atoms with Crippen LogP contribution >= 0.6 is 0 Å². The van der Waals surface area contributed by atoms with Gasteiger partial charge in [0.15, 0.2) is 0 Å². The van der Waals surface area contributed by atoms with E-state index in [-0.39, 0.29) is 0 Å². The maximum absolute atomic E-state index is 10.3. The quantitative estimate of drug-likeness (QED) is 0.886. The third-order valence-corrected chi connectivity index (χ3v) is 3.91. The lowest BCUT2D eigenvalue weighted by Crippen LogP contribution is -2.27. The van der Waals surface area contributed by atoms with Crippen molar-refractivity contribution in [2.45, 2.75) is 32.5 Å². The van der Waals surface area contributed by atoms with Gasteiger partial charge in [-0.25, -0.2) is 0 Å². The summed E-state index contributed by atoms with van der Waals surface area (Å²) in [5.74, 6) is 0. The predicted octanol–water partition coefficient (Wildman–Crippen LogP) is 2.06. The van der Waals surface area contributed by atoms with Gasteiger partial charge >= 0.3 is 0 Å². The van der Waals surface area contributed by atoms with Crippen LogP contribution in [0.1, 0.15) is 29.2 Å². The third kappa shape index (κ3) is 3.10. The maximum atomic E-state index is 10.3. The van der Waals surface area contributed by atoms with E-state index in [1.54, 1.807) is 7.11 Å². The van der Waals surface area contributed by atoms with Crippen molar-refractivity contribution < 1.29 is 9.84 Å². The zero-order valence-corrected chi connectivity index (χ0v) is 11.5. The molecule has 0 aromatic heterocycles. The summed E-state index contributed by atoms with van der Waals surface area (Å²) in [6.45, 7) is 6.82. The third-order valence-electron chi connectivity index (χ3n) is 3.91. The van der Waals surface area contributed by atoms with Gasteiger partial charge in [-0.15, -0.1) is 0 Å². The Bertz CT molecular complexity index is 405. The zero-order chi connectivity index (χ0) is 13.1. The molecule has 2 atom stereocenters. The molecule has 3 nitrogen and oxygen atoms in total. The smallest absolute Gasteiger partial charge is 0.0917 e. The lowest BCUT2D eigenvalue weighted by molar-refractivity contribution is 0.0898. The number of nitrogens with zero attached hydrogens (tertiary/aromatic N) is 1. The summed E-state index contributed by atoms with van der Waals surface area (Å²) in [7, 11) is 1.76. The minimum Gasteiger partial charge on any atom is -0.387 e. The Morgan fingerprint density at radius 3 is 2.78 bits per heavy atom. The summed E-state index contributed by atoms with van der Waals surface area (Å²) in [5, 5.41) is 10.3. The number of hydrogen-bond donors (Lipinski definition) is 1. The van der Waals surface area contributed by atoms with Gasteiger partial charge in [0, 0.05) is 26.7 Å². The largest absolute Gasteiger partial charge is 0.387 e. The Morgan fingerprint density at radius 2 is 2.17 bits per heavy atom. The number of aliphatic hydroxyl groups is 1. The molecular weight excluding hydrogens is 226 g/mol. The molecule has 1 aliphatic rings. The topological polar surface area (TPSA) is 32.7 Å². The van der Waals surface area contributed by atoms with Crippen molar-refractivity contribution in [2.75, 3.05) is 26.7 Å². The standard InChI is InChI=1S/C15H23NO2/c1-11-4-5-13(8-12(11)2)15(17)10-16-7-6-14(9-16)18-3/h4-5,8,14-15,17H,6-7,9-10H2,1-3H3. The first-order chi connectivity index (χ1) is 8.60. The Labute approximate surface area is 109 Å². The molecule has 1 N–H and O–H groups in total. The molecule has 0 aliphatic carbocycles. The lowest BCUT2D eigenvalue weighted by Gasteiger charge is -2.20. The molecule has 0 amide bonds. The van der Waals surface area contributed by atoms with Crippen molar-refractivity contribution in [2.24, 2.45) is 0 Å². The molecule has 1 aromatic rings. The molecular formula is C15H23NO2. The molecule has 1 heterocycles. The molecule has 1 aliphatic heterocycles. The zero-order valence-electron chi connectivity index (χ0n) is 11.5. The molecule has 0 saturated carbocycles. The molecule has 0 spiro atoms. The summed E-state index contributed by atoms with van der Waals surface area (Å²) in [6, 6.07) is 6.19. The van der Waals surface area contributed by atoms with Crippen LogP contribution in [0.3, 0.4) is 0 Å². The van der Waals surface area contributed by atoms with Crippen LogP contribution in [0.5, 0.6) is 0 Å². The summed E-state index contributed by atoms with van der Waals surface area (Å²) < 4.78 is 5.34. The Kier molecular flexibility index (Phi) is 4.38. The van der Waals surface area contributed by atoms with Crippen molar-refractivity contribution in [1.82, 2.24) is 4.90 Å². The summed E-state index contributed by atoms with van der Waals surface area (Å²) in [5.41, 5.74) is 3.52. The van der Waals surface area contributed by atoms with Crippen molar-refractivity contribution in [3.05, 3.63) is 34.9 Å².